The van der Waals surface area contributed by atoms with Crippen LogP contribution in [0, 0.1) is 5.41 Å². The normalized spacial score (nSPS) is 16.7. The first-order valence-electron chi connectivity index (χ1n) is 5.91. The summed E-state index contributed by atoms with van der Waals surface area (Å²) in [6, 6.07) is 0.188. The quantitative estimate of drug-likeness (QED) is 0.705. The Balaban J connectivity index is 2.18. The van der Waals surface area contributed by atoms with E-state index in [-0.39, 0.29) is 23.3 Å². The van der Waals surface area contributed by atoms with Gasteiger partial charge in [-0.15, -0.1) is 0 Å². The fraction of sp³-hybridized carbons (Fsp3) is 0.833. The van der Waals surface area contributed by atoms with Gasteiger partial charge in [0.05, 0.1) is 19.3 Å². The lowest BCUT2D eigenvalue weighted by atomic mass is 10.1. The maximum Gasteiger partial charge on any atom is 0.306 e. The zero-order chi connectivity index (χ0) is 12.9. The highest BCUT2D eigenvalue weighted by molar-refractivity contribution is 7.99. The van der Waals surface area contributed by atoms with E-state index in [4.69, 9.17) is 0 Å². The summed E-state index contributed by atoms with van der Waals surface area (Å²) in [7, 11) is 1.42. The number of methoxy groups -OCH3 is 1. The summed E-state index contributed by atoms with van der Waals surface area (Å²) in [5.74, 6) is 1.27. The van der Waals surface area contributed by atoms with Gasteiger partial charge in [-0.1, -0.05) is 0 Å². The van der Waals surface area contributed by atoms with Gasteiger partial charge in [0.1, 0.15) is 0 Å². The molecule has 0 radical (unpaired) electrons. The Morgan fingerprint density at radius 2 is 2.06 bits per heavy atom. The van der Waals surface area contributed by atoms with E-state index >= 15 is 0 Å². The average Bonchev–Trinajstić information content (AvgIpc) is 2.96. The predicted octanol–water partition coefficient (Wildman–Crippen LogP) is 1.59. The summed E-state index contributed by atoms with van der Waals surface area (Å²) in [4.78, 5) is 22.6. The van der Waals surface area contributed by atoms with Crippen molar-refractivity contribution in [3.8, 4) is 0 Å². The summed E-state index contributed by atoms with van der Waals surface area (Å²) < 4.78 is 4.68. The maximum absolute atomic E-state index is 11.4. The Morgan fingerprint density at radius 1 is 1.41 bits per heavy atom. The third-order valence-corrected chi connectivity index (χ3v) is 4.08. The van der Waals surface area contributed by atoms with Crippen LogP contribution in [0.2, 0.25) is 0 Å². The molecule has 0 atom stereocenters. The molecule has 0 heterocycles. The zero-order valence-electron chi connectivity index (χ0n) is 10.7. The molecule has 0 saturated heterocycles. The van der Waals surface area contributed by atoms with E-state index in [0.29, 0.717) is 12.2 Å². The number of nitrogens with one attached hydrogen (secondary N) is 1. The van der Waals surface area contributed by atoms with E-state index in [0.717, 1.165) is 18.6 Å². The topological polar surface area (TPSA) is 55.4 Å². The fourth-order valence-corrected chi connectivity index (χ4v) is 2.85. The molecule has 1 N–H and O–H groups in total. The number of thioether (sulfide) groups is 1. The minimum atomic E-state index is -0.144. The zero-order valence-corrected chi connectivity index (χ0v) is 11.6. The third-order valence-electron chi connectivity index (χ3n) is 2.80. The molecule has 0 aromatic rings. The van der Waals surface area contributed by atoms with Crippen LogP contribution in [-0.4, -0.2) is 36.5 Å². The van der Waals surface area contributed by atoms with Gasteiger partial charge in [0.25, 0.3) is 0 Å². The van der Waals surface area contributed by atoms with Gasteiger partial charge in [-0.2, -0.15) is 11.8 Å². The summed E-state index contributed by atoms with van der Waals surface area (Å²) in [5.41, 5.74) is 0.107. The Labute approximate surface area is 107 Å². The second-order valence-corrected chi connectivity index (χ2v) is 5.95. The molecule has 5 heteroatoms. The smallest absolute Gasteiger partial charge is 0.306 e. The number of carbonyl (C=O) groups is 2. The van der Waals surface area contributed by atoms with Crippen molar-refractivity contribution >= 4 is 23.6 Å². The van der Waals surface area contributed by atoms with Gasteiger partial charge in [-0.05, 0) is 37.9 Å². The molecular formula is C12H21NO3S. The largest absolute Gasteiger partial charge is 0.469 e. The van der Waals surface area contributed by atoms with Gasteiger partial charge in [0.15, 0.2) is 0 Å². The van der Waals surface area contributed by atoms with Crippen LogP contribution in [0.15, 0.2) is 0 Å². The van der Waals surface area contributed by atoms with Crippen LogP contribution in [-0.2, 0) is 14.3 Å². The lowest BCUT2D eigenvalue weighted by molar-refractivity contribution is -0.141. The van der Waals surface area contributed by atoms with Gasteiger partial charge >= 0.3 is 5.97 Å². The SMILES string of the molecule is COC(=O)CC1(CSCC(=O)NC(C)C)CC1. The third kappa shape index (κ3) is 5.44. The Hall–Kier alpha value is -0.710. The first-order valence-corrected chi connectivity index (χ1v) is 7.07. The van der Waals surface area contributed by atoms with Gasteiger partial charge in [-0.25, -0.2) is 0 Å². The van der Waals surface area contributed by atoms with Crippen LogP contribution in [0.1, 0.15) is 33.1 Å². The molecule has 1 amide bonds. The maximum atomic E-state index is 11.4. The van der Waals surface area contributed by atoms with Crippen molar-refractivity contribution in [2.75, 3.05) is 18.6 Å². The Morgan fingerprint density at radius 3 is 2.53 bits per heavy atom. The molecule has 1 rings (SSSR count). The molecule has 98 valence electrons. The number of rotatable bonds is 7. The van der Waals surface area contributed by atoms with E-state index < -0.39 is 0 Å². The molecule has 17 heavy (non-hydrogen) atoms. The lowest BCUT2D eigenvalue weighted by Gasteiger charge is -2.13. The second kappa shape index (κ2) is 6.28. The number of hydrogen-bond acceptors (Lipinski definition) is 4. The van der Waals surface area contributed by atoms with Crippen molar-refractivity contribution in [2.45, 2.75) is 39.2 Å². The molecule has 0 unspecified atom stereocenters. The Bertz CT molecular complexity index is 287. The molecule has 1 saturated carbocycles. The van der Waals surface area contributed by atoms with Crippen LogP contribution >= 0.6 is 11.8 Å². The van der Waals surface area contributed by atoms with E-state index in [9.17, 15) is 9.59 Å². The molecule has 1 aliphatic carbocycles. The number of carbonyl (C=O) groups excluding carboxylic acids is 2. The monoisotopic (exact) mass is 259 g/mol. The van der Waals surface area contributed by atoms with E-state index in [1.165, 1.54) is 7.11 Å². The molecular weight excluding hydrogens is 238 g/mol. The lowest BCUT2D eigenvalue weighted by Crippen LogP contribution is -2.31. The number of amides is 1. The van der Waals surface area contributed by atoms with Crippen LogP contribution in [0.25, 0.3) is 0 Å². The standard InChI is InChI=1S/C12H21NO3S/c1-9(2)13-10(14)7-17-8-12(4-5-12)6-11(15)16-3/h9H,4-8H2,1-3H3,(H,13,14). The van der Waals surface area contributed by atoms with Gasteiger partial charge in [0, 0.05) is 6.04 Å². The number of ether oxygens (including phenoxy) is 1. The minimum Gasteiger partial charge on any atom is -0.469 e. The summed E-state index contributed by atoms with van der Waals surface area (Å²) in [5, 5.41) is 2.85. The predicted molar refractivity (Wildman–Crippen MR) is 68.9 cm³/mol. The highest BCUT2D eigenvalue weighted by atomic mass is 32.2. The first kappa shape index (κ1) is 14.4. The molecule has 0 bridgehead atoms. The molecule has 1 fully saturated rings. The molecule has 0 aromatic heterocycles. The van der Waals surface area contributed by atoms with E-state index in [1.54, 1.807) is 11.8 Å². The van der Waals surface area contributed by atoms with Crippen molar-refractivity contribution in [2.24, 2.45) is 5.41 Å². The van der Waals surface area contributed by atoms with Crippen molar-refractivity contribution in [1.82, 2.24) is 5.32 Å². The Kier molecular flexibility index (Phi) is 5.31. The van der Waals surface area contributed by atoms with Crippen molar-refractivity contribution in [3.05, 3.63) is 0 Å². The fourth-order valence-electron chi connectivity index (χ4n) is 1.65. The van der Waals surface area contributed by atoms with Gasteiger partial charge < -0.3 is 10.1 Å². The van der Waals surface area contributed by atoms with Crippen molar-refractivity contribution < 1.29 is 14.3 Å². The minimum absolute atomic E-state index is 0.0684. The average molecular weight is 259 g/mol. The van der Waals surface area contributed by atoms with Crippen LogP contribution in [0.4, 0.5) is 0 Å². The van der Waals surface area contributed by atoms with Crippen LogP contribution in [0.5, 0.6) is 0 Å². The molecule has 0 aromatic carbocycles. The molecule has 0 spiro atoms. The first-order chi connectivity index (χ1) is 7.97. The summed E-state index contributed by atoms with van der Waals surface area (Å²) in [6.45, 7) is 3.89. The molecule has 4 nitrogen and oxygen atoms in total. The van der Waals surface area contributed by atoms with E-state index in [1.807, 2.05) is 13.8 Å². The van der Waals surface area contributed by atoms with Crippen LogP contribution in [0.3, 0.4) is 0 Å². The highest BCUT2D eigenvalue weighted by Crippen LogP contribution is 2.51. The van der Waals surface area contributed by atoms with Crippen molar-refractivity contribution in [1.29, 1.82) is 0 Å². The van der Waals surface area contributed by atoms with E-state index in [2.05, 4.69) is 10.1 Å². The summed E-state index contributed by atoms with van der Waals surface area (Å²) in [6.07, 6.45) is 2.63. The molecule has 0 aliphatic heterocycles. The highest BCUT2D eigenvalue weighted by Gasteiger charge is 2.44. The number of esters is 1. The van der Waals surface area contributed by atoms with Crippen LogP contribution < -0.4 is 5.32 Å². The number of hydrogen-bond donors (Lipinski definition) is 1. The molecule has 1 aliphatic rings. The van der Waals surface area contributed by atoms with Crippen molar-refractivity contribution in [3.63, 3.8) is 0 Å². The second-order valence-electron chi connectivity index (χ2n) is 4.97. The van der Waals surface area contributed by atoms with Gasteiger partial charge in [-0.3, -0.25) is 9.59 Å². The van der Waals surface area contributed by atoms with Gasteiger partial charge in [0.2, 0.25) is 5.91 Å². The summed E-state index contributed by atoms with van der Waals surface area (Å²) >= 11 is 1.61.